The number of aryl methyl sites for hydroxylation is 1. The quantitative estimate of drug-likeness (QED) is 0.747. The Morgan fingerprint density at radius 1 is 1.31 bits per heavy atom. The fourth-order valence-electron chi connectivity index (χ4n) is 2.84. The Morgan fingerprint density at radius 2 is 2.12 bits per heavy atom. The fraction of sp³-hybridized carbons (Fsp3) is 0.500. The molecule has 0 bridgehead atoms. The molecule has 0 radical (unpaired) electrons. The zero-order valence-electron chi connectivity index (χ0n) is 9.82. The molecular weight excluding hydrogens is 196 g/mol. The summed E-state index contributed by atoms with van der Waals surface area (Å²) >= 11 is 0. The number of fused-ring (bicyclic) bond motifs is 1. The number of rotatable bonds is 2. The van der Waals surface area contributed by atoms with Crippen molar-refractivity contribution in [2.45, 2.75) is 39.2 Å². The second-order valence-corrected chi connectivity index (χ2v) is 4.98. The van der Waals surface area contributed by atoms with Crippen LogP contribution >= 0.6 is 0 Å². The highest BCUT2D eigenvalue weighted by Gasteiger charge is 2.16. The van der Waals surface area contributed by atoms with Crippen molar-refractivity contribution in [1.29, 1.82) is 0 Å². The van der Waals surface area contributed by atoms with Gasteiger partial charge in [0.05, 0.1) is 0 Å². The SMILES string of the molecule is Cc1ccnc2c1ccn2CC1CCCC1. The molecule has 84 valence electrons. The lowest BCUT2D eigenvalue weighted by Gasteiger charge is -2.10. The summed E-state index contributed by atoms with van der Waals surface area (Å²) in [5, 5.41) is 1.31. The molecule has 0 unspecified atom stereocenters. The number of nitrogens with zero attached hydrogens (tertiary/aromatic N) is 2. The average molecular weight is 214 g/mol. The largest absolute Gasteiger partial charge is 0.332 e. The highest BCUT2D eigenvalue weighted by molar-refractivity contribution is 5.79. The normalized spacial score (nSPS) is 17.3. The van der Waals surface area contributed by atoms with E-state index < -0.39 is 0 Å². The van der Waals surface area contributed by atoms with Crippen LogP contribution in [0, 0.1) is 12.8 Å². The van der Waals surface area contributed by atoms with E-state index in [2.05, 4.69) is 34.8 Å². The molecule has 16 heavy (non-hydrogen) atoms. The van der Waals surface area contributed by atoms with Crippen LogP contribution in [0.25, 0.3) is 11.0 Å². The van der Waals surface area contributed by atoms with Crippen LogP contribution in [0.1, 0.15) is 31.2 Å². The maximum absolute atomic E-state index is 4.51. The van der Waals surface area contributed by atoms with Crippen LogP contribution in [-0.4, -0.2) is 9.55 Å². The second-order valence-electron chi connectivity index (χ2n) is 4.98. The zero-order valence-corrected chi connectivity index (χ0v) is 9.82. The Morgan fingerprint density at radius 3 is 2.94 bits per heavy atom. The van der Waals surface area contributed by atoms with E-state index in [1.165, 1.54) is 36.6 Å². The third-order valence-corrected chi connectivity index (χ3v) is 3.81. The number of hydrogen-bond donors (Lipinski definition) is 0. The molecule has 0 aliphatic heterocycles. The van der Waals surface area contributed by atoms with E-state index in [9.17, 15) is 0 Å². The van der Waals surface area contributed by atoms with Crippen molar-refractivity contribution in [3.05, 3.63) is 30.1 Å². The molecule has 0 aromatic carbocycles. The summed E-state index contributed by atoms with van der Waals surface area (Å²) in [7, 11) is 0. The van der Waals surface area contributed by atoms with Gasteiger partial charge in [-0.05, 0) is 43.4 Å². The first-order valence-corrected chi connectivity index (χ1v) is 6.25. The maximum Gasteiger partial charge on any atom is 0.140 e. The standard InChI is InChI=1S/C14H18N2/c1-11-6-8-15-14-13(11)7-9-16(14)10-12-4-2-3-5-12/h6-9,12H,2-5,10H2,1H3. The first-order valence-electron chi connectivity index (χ1n) is 6.25. The minimum absolute atomic E-state index is 0.873. The van der Waals surface area contributed by atoms with E-state index in [-0.39, 0.29) is 0 Å². The van der Waals surface area contributed by atoms with Crippen LogP contribution in [0.5, 0.6) is 0 Å². The van der Waals surface area contributed by atoms with Crippen LogP contribution < -0.4 is 0 Å². The molecule has 1 aliphatic carbocycles. The molecule has 2 heterocycles. The van der Waals surface area contributed by atoms with Gasteiger partial charge in [-0.1, -0.05) is 12.8 Å². The number of hydrogen-bond acceptors (Lipinski definition) is 1. The van der Waals surface area contributed by atoms with Gasteiger partial charge in [-0.3, -0.25) is 0 Å². The molecular formula is C14H18N2. The predicted molar refractivity (Wildman–Crippen MR) is 66.4 cm³/mol. The van der Waals surface area contributed by atoms with Crippen LogP contribution in [0.2, 0.25) is 0 Å². The third kappa shape index (κ3) is 1.62. The zero-order chi connectivity index (χ0) is 11.0. The van der Waals surface area contributed by atoms with Crippen molar-refractivity contribution in [2.75, 3.05) is 0 Å². The summed E-state index contributed by atoms with van der Waals surface area (Å²) < 4.78 is 2.33. The van der Waals surface area contributed by atoms with E-state index >= 15 is 0 Å². The molecule has 0 saturated heterocycles. The predicted octanol–water partition coefficient (Wildman–Crippen LogP) is 3.53. The van der Waals surface area contributed by atoms with Crippen LogP contribution in [-0.2, 0) is 6.54 Å². The Balaban J connectivity index is 1.94. The topological polar surface area (TPSA) is 17.8 Å². The van der Waals surface area contributed by atoms with Gasteiger partial charge in [0.25, 0.3) is 0 Å². The first kappa shape index (κ1) is 9.88. The molecule has 1 fully saturated rings. The van der Waals surface area contributed by atoms with E-state index in [4.69, 9.17) is 0 Å². The van der Waals surface area contributed by atoms with Crippen molar-refractivity contribution in [1.82, 2.24) is 9.55 Å². The molecule has 2 aromatic heterocycles. The molecule has 1 saturated carbocycles. The molecule has 1 aliphatic rings. The Hall–Kier alpha value is -1.31. The van der Waals surface area contributed by atoms with Gasteiger partial charge in [0.15, 0.2) is 0 Å². The lowest BCUT2D eigenvalue weighted by molar-refractivity contribution is 0.464. The Bertz CT molecular complexity index is 492. The van der Waals surface area contributed by atoms with Gasteiger partial charge in [-0.25, -0.2) is 4.98 Å². The molecule has 2 aromatic rings. The second kappa shape index (κ2) is 3.93. The summed E-state index contributed by atoms with van der Waals surface area (Å²) in [6.45, 7) is 3.31. The van der Waals surface area contributed by atoms with Gasteiger partial charge in [0.2, 0.25) is 0 Å². The summed E-state index contributed by atoms with van der Waals surface area (Å²) in [6, 6.07) is 4.29. The first-order chi connectivity index (χ1) is 7.84. The maximum atomic E-state index is 4.51. The van der Waals surface area contributed by atoms with Crippen LogP contribution in [0.4, 0.5) is 0 Å². The molecule has 0 spiro atoms. The van der Waals surface area contributed by atoms with Gasteiger partial charge in [-0.2, -0.15) is 0 Å². The summed E-state index contributed by atoms with van der Waals surface area (Å²) in [5.74, 6) is 0.873. The van der Waals surface area contributed by atoms with E-state index in [1.807, 2.05) is 6.20 Å². The van der Waals surface area contributed by atoms with Crippen molar-refractivity contribution in [3.8, 4) is 0 Å². The highest BCUT2D eigenvalue weighted by Crippen LogP contribution is 2.27. The van der Waals surface area contributed by atoms with Crippen LogP contribution in [0.3, 0.4) is 0 Å². The molecule has 3 rings (SSSR count). The monoisotopic (exact) mass is 214 g/mol. The van der Waals surface area contributed by atoms with Crippen molar-refractivity contribution < 1.29 is 0 Å². The Labute approximate surface area is 96.3 Å². The van der Waals surface area contributed by atoms with Crippen molar-refractivity contribution >= 4 is 11.0 Å². The molecule has 0 N–H and O–H groups in total. The molecule has 2 heteroatoms. The third-order valence-electron chi connectivity index (χ3n) is 3.81. The van der Waals surface area contributed by atoms with Crippen LogP contribution in [0.15, 0.2) is 24.5 Å². The van der Waals surface area contributed by atoms with Crippen molar-refractivity contribution in [2.24, 2.45) is 5.92 Å². The highest BCUT2D eigenvalue weighted by atomic mass is 15.0. The summed E-state index contributed by atoms with van der Waals surface area (Å²) in [6.07, 6.45) is 9.73. The van der Waals surface area contributed by atoms with Gasteiger partial charge < -0.3 is 4.57 Å². The Kier molecular flexibility index (Phi) is 2.43. The minimum atomic E-state index is 0.873. The lowest BCUT2D eigenvalue weighted by Crippen LogP contribution is -2.06. The van der Waals surface area contributed by atoms with Gasteiger partial charge in [-0.15, -0.1) is 0 Å². The molecule has 2 nitrogen and oxygen atoms in total. The average Bonchev–Trinajstić information content (AvgIpc) is 2.90. The minimum Gasteiger partial charge on any atom is -0.332 e. The molecule has 0 amide bonds. The van der Waals surface area contributed by atoms with Gasteiger partial charge >= 0.3 is 0 Å². The summed E-state index contributed by atoms with van der Waals surface area (Å²) in [5.41, 5.74) is 2.49. The van der Waals surface area contributed by atoms with E-state index in [1.54, 1.807) is 0 Å². The molecule has 0 atom stereocenters. The lowest BCUT2D eigenvalue weighted by atomic mass is 10.1. The summed E-state index contributed by atoms with van der Waals surface area (Å²) in [4.78, 5) is 4.51. The van der Waals surface area contributed by atoms with Gasteiger partial charge in [0.1, 0.15) is 5.65 Å². The van der Waals surface area contributed by atoms with Gasteiger partial charge in [0, 0.05) is 24.3 Å². The fourth-order valence-corrected chi connectivity index (χ4v) is 2.84. The van der Waals surface area contributed by atoms with E-state index in [0.717, 1.165) is 18.1 Å². The van der Waals surface area contributed by atoms with Crippen molar-refractivity contribution in [3.63, 3.8) is 0 Å². The smallest absolute Gasteiger partial charge is 0.140 e. The number of aromatic nitrogens is 2. The number of pyridine rings is 1. The van der Waals surface area contributed by atoms with E-state index in [0.29, 0.717) is 0 Å².